The molecule has 33 heavy (non-hydrogen) atoms. The van der Waals surface area contributed by atoms with Crippen LogP contribution in [0.2, 0.25) is 0 Å². The molecule has 7 heteroatoms. The summed E-state index contributed by atoms with van der Waals surface area (Å²) in [6, 6.07) is 13.3. The minimum atomic E-state index is -3.13. The first-order valence-electron chi connectivity index (χ1n) is 11.6. The van der Waals surface area contributed by atoms with Gasteiger partial charge in [-0.2, -0.15) is 0 Å². The third-order valence-electron chi connectivity index (χ3n) is 5.86. The van der Waals surface area contributed by atoms with E-state index in [1.165, 1.54) is 0 Å². The van der Waals surface area contributed by atoms with Crippen LogP contribution in [0.25, 0.3) is 0 Å². The molecule has 0 radical (unpaired) electrons. The molecule has 1 aliphatic rings. The third-order valence-corrected chi connectivity index (χ3v) is 7.61. The summed E-state index contributed by atoms with van der Waals surface area (Å²) in [5, 5.41) is 0. The van der Waals surface area contributed by atoms with E-state index in [0.29, 0.717) is 25.3 Å². The van der Waals surface area contributed by atoms with Crippen LogP contribution in [-0.2, 0) is 21.2 Å². The molecule has 1 aliphatic heterocycles. The molecular formula is C26H35NO5S. The summed E-state index contributed by atoms with van der Waals surface area (Å²) in [6.07, 6.45) is 1.38. The van der Waals surface area contributed by atoms with Crippen LogP contribution in [0.5, 0.6) is 11.5 Å². The number of sulfone groups is 1. The van der Waals surface area contributed by atoms with Crippen molar-refractivity contribution >= 4 is 15.7 Å². The minimum absolute atomic E-state index is 0.00186. The van der Waals surface area contributed by atoms with Gasteiger partial charge >= 0.3 is 0 Å². The van der Waals surface area contributed by atoms with Crippen molar-refractivity contribution in [1.82, 2.24) is 4.90 Å². The number of ether oxygens (including phenoxy) is 2. The summed E-state index contributed by atoms with van der Waals surface area (Å²) < 4.78 is 35.8. The summed E-state index contributed by atoms with van der Waals surface area (Å²) in [4.78, 5) is 14.9. The van der Waals surface area contributed by atoms with Crippen LogP contribution in [0, 0.1) is 6.92 Å². The van der Waals surface area contributed by atoms with Gasteiger partial charge in [0.15, 0.2) is 16.4 Å². The number of rotatable bonds is 10. The van der Waals surface area contributed by atoms with Crippen LogP contribution < -0.4 is 9.47 Å². The second-order valence-electron chi connectivity index (χ2n) is 9.06. The van der Waals surface area contributed by atoms with Gasteiger partial charge in [-0.05, 0) is 60.6 Å². The summed E-state index contributed by atoms with van der Waals surface area (Å²) in [5.74, 6) is 1.65. The first-order valence-corrected chi connectivity index (χ1v) is 13.5. The summed E-state index contributed by atoms with van der Waals surface area (Å²) in [7, 11) is -3.13. The van der Waals surface area contributed by atoms with Crippen molar-refractivity contribution in [3.63, 3.8) is 0 Å². The fourth-order valence-corrected chi connectivity index (χ4v) is 5.75. The standard InChI is InChI=1S/C26H35NO5S/c1-5-13-31-23-9-7-21(8-10-23)16-27(22-12-14-33(29,30)18-22)26(28)17-32-25-15-20(4)6-11-24(25)19(2)3/h6-11,15,19,22H,5,12-14,16-18H2,1-4H3. The molecule has 1 heterocycles. The maximum atomic E-state index is 13.3. The maximum Gasteiger partial charge on any atom is 0.261 e. The molecule has 0 aliphatic carbocycles. The van der Waals surface area contributed by atoms with Gasteiger partial charge in [0.1, 0.15) is 11.5 Å². The van der Waals surface area contributed by atoms with E-state index in [2.05, 4.69) is 20.8 Å². The van der Waals surface area contributed by atoms with E-state index < -0.39 is 9.84 Å². The van der Waals surface area contributed by atoms with Crippen LogP contribution in [0.4, 0.5) is 0 Å². The Morgan fingerprint density at radius 2 is 1.85 bits per heavy atom. The minimum Gasteiger partial charge on any atom is -0.494 e. The lowest BCUT2D eigenvalue weighted by atomic mass is 10.0. The molecule has 1 saturated heterocycles. The normalized spacial score (nSPS) is 17.2. The highest BCUT2D eigenvalue weighted by molar-refractivity contribution is 7.91. The third kappa shape index (κ3) is 6.97. The van der Waals surface area contributed by atoms with Crippen LogP contribution in [0.1, 0.15) is 56.2 Å². The van der Waals surface area contributed by atoms with Gasteiger partial charge in [-0.25, -0.2) is 8.42 Å². The van der Waals surface area contributed by atoms with E-state index in [9.17, 15) is 13.2 Å². The molecule has 1 atom stereocenters. The Labute approximate surface area is 197 Å². The van der Waals surface area contributed by atoms with E-state index >= 15 is 0 Å². The van der Waals surface area contributed by atoms with Gasteiger partial charge < -0.3 is 14.4 Å². The molecule has 0 spiro atoms. The molecule has 2 aromatic rings. The molecule has 6 nitrogen and oxygen atoms in total. The average molecular weight is 474 g/mol. The monoisotopic (exact) mass is 473 g/mol. The molecule has 2 aromatic carbocycles. The lowest BCUT2D eigenvalue weighted by molar-refractivity contribution is -0.136. The van der Waals surface area contributed by atoms with Crippen molar-refractivity contribution in [1.29, 1.82) is 0 Å². The number of nitrogens with zero attached hydrogens (tertiary/aromatic N) is 1. The Kier molecular flexibility index (Phi) is 8.40. The Balaban J connectivity index is 1.75. The Morgan fingerprint density at radius 1 is 1.12 bits per heavy atom. The first-order chi connectivity index (χ1) is 15.7. The summed E-state index contributed by atoms with van der Waals surface area (Å²) in [5.41, 5.74) is 3.03. The van der Waals surface area contributed by atoms with Crippen LogP contribution in [0.15, 0.2) is 42.5 Å². The Morgan fingerprint density at radius 3 is 2.45 bits per heavy atom. The van der Waals surface area contributed by atoms with Crippen LogP contribution in [0.3, 0.4) is 0 Å². The zero-order valence-corrected chi connectivity index (χ0v) is 20.9. The number of carbonyl (C=O) groups is 1. The topological polar surface area (TPSA) is 72.9 Å². The summed E-state index contributed by atoms with van der Waals surface area (Å²) >= 11 is 0. The van der Waals surface area contributed by atoms with Crippen molar-refractivity contribution in [2.75, 3.05) is 24.7 Å². The van der Waals surface area contributed by atoms with E-state index in [1.54, 1.807) is 4.90 Å². The SMILES string of the molecule is CCCOc1ccc(CN(C(=O)COc2cc(C)ccc2C(C)C)C2CCS(=O)(=O)C2)cc1. The first kappa shape index (κ1) is 25.1. The summed E-state index contributed by atoms with van der Waals surface area (Å²) in [6.45, 7) is 9.07. The van der Waals surface area contributed by atoms with Crippen molar-refractivity contribution < 1.29 is 22.7 Å². The van der Waals surface area contributed by atoms with Crippen molar-refractivity contribution in [3.8, 4) is 11.5 Å². The van der Waals surface area contributed by atoms with Crippen molar-refractivity contribution in [3.05, 3.63) is 59.2 Å². The zero-order chi connectivity index (χ0) is 24.0. The van der Waals surface area contributed by atoms with Gasteiger partial charge in [0, 0.05) is 12.6 Å². The number of aryl methyl sites for hydroxylation is 1. The van der Waals surface area contributed by atoms with E-state index in [0.717, 1.165) is 28.9 Å². The predicted octanol–water partition coefficient (Wildman–Crippen LogP) is 4.50. The highest BCUT2D eigenvalue weighted by Gasteiger charge is 2.35. The van der Waals surface area contributed by atoms with Crippen LogP contribution >= 0.6 is 0 Å². The van der Waals surface area contributed by atoms with E-state index in [1.807, 2.05) is 49.4 Å². The van der Waals surface area contributed by atoms with Gasteiger partial charge in [-0.1, -0.05) is 45.0 Å². The molecular weight excluding hydrogens is 438 g/mol. The lowest BCUT2D eigenvalue weighted by Gasteiger charge is -2.29. The van der Waals surface area contributed by atoms with E-state index in [-0.39, 0.29) is 36.0 Å². The number of hydrogen-bond acceptors (Lipinski definition) is 5. The molecule has 1 amide bonds. The number of amides is 1. The Hall–Kier alpha value is -2.54. The molecule has 0 bridgehead atoms. The van der Waals surface area contributed by atoms with Crippen molar-refractivity contribution in [2.45, 2.75) is 59.0 Å². The highest BCUT2D eigenvalue weighted by Crippen LogP contribution is 2.28. The molecule has 180 valence electrons. The van der Waals surface area contributed by atoms with Gasteiger partial charge in [-0.15, -0.1) is 0 Å². The average Bonchev–Trinajstić information content (AvgIpc) is 3.14. The lowest BCUT2D eigenvalue weighted by Crippen LogP contribution is -2.43. The Bertz CT molecular complexity index is 1050. The quantitative estimate of drug-likeness (QED) is 0.508. The van der Waals surface area contributed by atoms with Gasteiger partial charge in [0.25, 0.3) is 5.91 Å². The van der Waals surface area contributed by atoms with Gasteiger partial charge in [0.2, 0.25) is 0 Å². The van der Waals surface area contributed by atoms with Gasteiger partial charge in [0.05, 0.1) is 18.1 Å². The number of benzene rings is 2. The largest absolute Gasteiger partial charge is 0.494 e. The second kappa shape index (κ2) is 11.1. The van der Waals surface area contributed by atoms with Crippen molar-refractivity contribution in [2.24, 2.45) is 0 Å². The van der Waals surface area contributed by atoms with Crippen LogP contribution in [-0.4, -0.2) is 50.0 Å². The molecule has 3 rings (SSSR count). The molecule has 1 unspecified atom stereocenters. The predicted molar refractivity (Wildman–Crippen MR) is 131 cm³/mol. The maximum absolute atomic E-state index is 13.3. The fourth-order valence-electron chi connectivity index (χ4n) is 4.02. The second-order valence-corrected chi connectivity index (χ2v) is 11.3. The van der Waals surface area contributed by atoms with E-state index in [4.69, 9.17) is 9.47 Å². The molecule has 0 aromatic heterocycles. The number of carbonyl (C=O) groups excluding carboxylic acids is 1. The zero-order valence-electron chi connectivity index (χ0n) is 20.0. The molecule has 0 saturated carbocycles. The van der Waals surface area contributed by atoms with Gasteiger partial charge in [-0.3, -0.25) is 4.79 Å². The highest BCUT2D eigenvalue weighted by atomic mass is 32.2. The molecule has 1 fully saturated rings. The fraction of sp³-hybridized carbons (Fsp3) is 0.500. The molecule has 0 N–H and O–H groups in total. The number of hydrogen-bond donors (Lipinski definition) is 0. The smallest absolute Gasteiger partial charge is 0.261 e.